The normalized spacial score (nSPS) is 11.0. The van der Waals surface area contributed by atoms with Crippen molar-refractivity contribution in [1.29, 1.82) is 0 Å². The smallest absolute Gasteiger partial charge is 0.194 e. The molecule has 92 valence electrons. The van der Waals surface area contributed by atoms with Crippen molar-refractivity contribution < 1.29 is 0 Å². The van der Waals surface area contributed by atoms with E-state index in [0.29, 0.717) is 0 Å². The number of aromatic nitrogens is 3. The summed E-state index contributed by atoms with van der Waals surface area (Å²) in [6, 6.07) is 5.86. The Bertz CT molecular complexity index is 669. The van der Waals surface area contributed by atoms with Gasteiger partial charge in [0.15, 0.2) is 4.96 Å². The number of imidazole rings is 1. The summed E-state index contributed by atoms with van der Waals surface area (Å²) in [7, 11) is 0. The van der Waals surface area contributed by atoms with Gasteiger partial charge in [-0.25, -0.2) is 9.97 Å². The summed E-state index contributed by atoms with van der Waals surface area (Å²) >= 11 is 1.68. The monoisotopic (exact) mass is 258 g/mol. The molecule has 0 aliphatic heterocycles. The van der Waals surface area contributed by atoms with Crippen LogP contribution in [-0.2, 0) is 6.54 Å². The average molecular weight is 258 g/mol. The topological polar surface area (TPSA) is 42.2 Å². The minimum Gasteiger partial charge on any atom is -0.364 e. The highest BCUT2D eigenvalue weighted by Gasteiger charge is 2.11. The van der Waals surface area contributed by atoms with E-state index in [-0.39, 0.29) is 0 Å². The first kappa shape index (κ1) is 11.2. The number of hydrogen-bond acceptors (Lipinski definition) is 4. The van der Waals surface area contributed by atoms with Crippen LogP contribution >= 0.6 is 11.3 Å². The SMILES string of the molecule is Cc1nc2scc(C)n2c1CNc1ccccn1. The van der Waals surface area contributed by atoms with Crippen molar-refractivity contribution >= 4 is 22.1 Å². The number of nitrogens with zero attached hydrogens (tertiary/aromatic N) is 3. The van der Waals surface area contributed by atoms with E-state index in [9.17, 15) is 0 Å². The molecule has 3 heterocycles. The predicted molar refractivity (Wildman–Crippen MR) is 74.1 cm³/mol. The van der Waals surface area contributed by atoms with Crippen molar-refractivity contribution in [2.24, 2.45) is 0 Å². The van der Waals surface area contributed by atoms with Crippen molar-refractivity contribution in [2.75, 3.05) is 5.32 Å². The molecular formula is C13H14N4S. The predicted octanol–water partition coefficient (Wildman–Crippen LogP) is 3.02. The molecule has 0 atom stereocenters. The number of pyridine rings is 1. The lowest BCUT2D eigenvalue weighted by Crippen LogP contribution is -2.05. The molecule has 3 aromatic rings. The largest absolute Gasteiger partial charge is 0.364 e. The maximum Gasteiger partial charge on any atom is 0.194 e. The molecule has 0 aliphatic rings. The quantitative estimate of drug-likeness (QED) is 0.785. The number of anilines is 1. The molecule has 0 saturated heterocycles. The molecule has 0 spiro atoms. The third-order valence-electron chi connectivity index (χ3n) is 2.93. The van der Waals surface area contributed by atoms with E-state index in [1.165, 1.54) is 11.4 Å². The van der Waals surface area contributed by atoms with Gasteiger partial charge in [-0.3, -0.25) is 4.40 Å². The Kier molecular flexibility index (Phi) is 2.76. The summed E-state index contributed by atoms with van der Waals surface area (Å²) in [5.41, 5.74) is 3.51. The minimum absolute atomic E-state index is 0.738. The molecule has 0 fully saturated rings. The van der Waals surface area contributed by atoms with Crippen LogP contribution in [-0.4, -0.2) is 14.4 Å². The van der Waals surface area contributed by atoms with E-state index in [4.69, 9.17) is 0 Å². The van der Waals surface area contributed by atoms with Crippen LogP contribution in [0.2, 0.25) is 0 Å². The second-order valence-corrected chi connectivity index (χ2v) is 5.04. The number of nitrogens with one attached hydrogen (secondary N) is 1. The van der Waals surface area contributed by atoms with E-state index in [1.54, 1.807) is 17.5 Å². The van der Waals surface area contributed by atoms with Gasteiger partial charge in [0, 0.05) is 17.3 Å². The van der Waals surface area contributed by atoms with Gasteiger partial charge in [-0.1, -0.05) is 6.07 Å². The molecule has 4 nitrogen and oxygen atoms in total. The third-order valence-corrected chi connectivity index (χ3v) is 3.88. The van der Waals surface area contributed by atoms with Crippen molar-refractivity contribution in [3.05, 3.63) is 46.9 Å². The Hall–Kier alpha value is -1.88. The van der Waals surface area contributed by atoms with E-state index in [1.807, 2.05) is 18.2 Å². The van der Waals surface area contributed by atoms with Crippen LogP contribution in [0.3, 0.4) is 0 Å². The van der Waals surface area contributed by atoms with Gasteiger partial charge in [0.05, 0.1) is 17.9 Å². The lowest BCUT2D eigenvalue weighted by molar-refractivity contribution is 0.959. The summed E-state index contributed by atoms with van der Waals surface area (Å²) < 4.78 is 2.20. The molecule has 0 bridgehead atoms. The maximum absolute atomic E-state index is 4.57. The highest BCUT2D eigenvalue weighted by Crippen LogP contribution is 2.21. The Morgan fingerprint density at radius 3 is 3.00 bits per heavy atom. The molecular weight excluding hydrogens is 244 g/mol. The van der Waals surface area contributed by atoms with Gasteiger partial charge in [0.1, 0.15) is 5.82 Å². The van der Waals surface area contributed by atoms with Gasteiger partial charge in [0.25, 0.3) is 0 Å². The zero-order valence-corrected chi connectivity index (χ0v) is 11.2. The molecule has 0 unspecified atom stereocenters. The van der Waals surface area contributed by atoms with Crippen molar-refractivity contribution in [2.45, 2.75) is 20.4 Å². The highest BCUT2D eigenvalue weighted by molar-refractivity contribution is 7.15. The number of hydrogen-bond donors (Lipinski definition) is 1. The van der Waals surface area contributed by atoms with Crippen LogP contribution in [0.4, 0.5) is 5.82 Å². The van der Waals surface area contributed by atoms with Crippen LogP contribution in [0.15, 0.2) is 29.8 Å². The molecule has 3 rings (SSSR count). The Morgan fingerprint density at radius 1 is 1.33 bits per heavy atom. The summed E-state index contributed by atoms with van der Waals surface area (Å²) in [5, 5.41) is 5.46. The molecule has 0 amide bonds. The molecule has 3 aromatic heterocycles. The van der Waals surface area contributed by atoms with Gasteiger partial charge >= 0.3 is 0 Å². The van der Waals surface area contributed by atoms with Crippen molar-refractivity contribution in [3.63, 3.8) is 0 Å². The summed E-state index contributed by atoms with van der Waals surface area (Å²) in [4.78, 5) is 9.89. The number of aryl methyl sites for hydroxylation is 2. The average Bonchev–Trinajstić information content (AvgIpc) is 2.88. The maximum atomic E-state index is 4.57. The number of rotatable bonds is 3. The molecule has 5 heteroatoms. The minimum atomic E-state index is 0.738. The fourth-order valence-electron chi connectivity index (χ4n) is 2.02. The zero-order chi connectivity index (χ0) is 12.5. The van der Waals surface area contributed by atoms with Gasteiger partial charge in [-0.05, 0) is 26.0 Å². The zero-order valence-electron chi connectivity index (χ0n) is 10.3. The van der Waals surface area contributed by atoms with E-state index >= 15 is 0 Å². The Balaban J connectivity index is 1.90. The molecule has 0 radical (unpaired) electrons. The first-order valence-electron chi connectivity index (χ1n) is 5.82. The lowest BCUT2D eigenvalue weighted by atomic mass is 10.3. The van der Waals surface area contributed by atoms with E-state index in [0.717, 1.165) is 23.0 Å². The van der Waals surface area contributed by atoms with Gasteiger partial charge in [0.2, 0.25) is 0 Å². The van der Waals surface area contributed by atoms with Crippen LogP contribution in [0, 0.1) is 13.8 Å². The molecule has 0 saturated carbocycles. The second-order valence-electron chi connectivity index (χ2n) is 4.21. The number of fused-ring (bicyclic) bond motifs is 1. The molecule has 18 heavy (non-hydrogen) atoms. The van der Waals surface area contributed by atoms with Crippen LogP contribution in [0.1, 0.15) is 17.1 Å². The molecule has 1 N–H and O–H groups in total. The van der Waals surface area contributed by atoms with Gasteiger partial charge in [-0.2, -0.15) is 0 Å². The fourth-order valence-corrected chi connectivity index (χ4v) is 2.95. The van der Waals surface area contributed by atoms with Crippen LogP contribution < -0.4 is 5.32 Å². The lowest BCUT2D eigenvalue weighted by Gasteiger charge is -2.06. The summed E-state index contributed by atoms with van der Waals surface area (Å²) in [6.45, 7) is 4.89. The van der Waals surface area contributed by atoms with Crippen molar-refractivity contribution in [1.82, 2.24) is 14.4 Å². The highest BCUT2D eigenvalue weighted by atomic mass is 32.1. The summed E-state index contributed by atoms with van der Waals surface area (Å²) in [5.74, 6) is 0.889. The second kappa shape index (κ2) is 4.42. The Labute approximate surface area is 109 Å². The van der Waals surface area contributed by atoms with Gasteiger partial charge < -0.3 is 5.32 Å². The van der Waals surface area contributed by atoms with E-state index in [2.05, 4.69) is 38.9 Å². The first-order chi connectivity index (χ1) is 8.75. The van der Waals surface area contributed by atoms with Crippen LogP contribution in [0.25, 0.3) is 4.96 Å². The first-order valence-corrected chi connectivity index (χ1v) is 6.70. The number of thiazole rings is 1. The molecule has 0 aromatic carbocycles. The Morgan fingerprint density at radius 2 is 2.22 bits per heavy atom. The van der Waals surface area contributed by atoms with Crippen LogP contribution in [0.5, 0.6) is 0 Å². The molecule has 0 aliphatic carbocycles. The van der Waals surface area contributed by atoms with Crippen molar-refractivity contribution in [3.8, 4) is 0 Å². The third kappa shape index (κ3) is 1.86. The van der Waals surface area contributed by atoms with E-state index < -0.39 is 0 Å². The standard InChI is InChI=1S/C13H14N4S/c1-9-8-18-13-16-10(2)11(17(9)13)7-15-12-5-3-4-6-14-12/h3-6,8H,7H2,1-2H3,(H,14,15). The van der Waals surface area contributed by atoms with Gasteiger partial charge in [-0.15, -0.1) is 11.3 Å². The fraction of sp³-hybridized carbons (Fsp3) is 0.231. The summed E-state index contributed by atoms with van der Waals surface area (Å²) in [6.07, 6.45) is 1.79.